The Hall–Kier alpha value is -2.83. The molecular formula is C33H43ClN2O4. The highest BCUT2D eigenvalue weighted by Crippen LogP contribution is 2.55. The fraction of sp³-hybridized carbons (Fsp3) is 0.515. The zero-order chi connectivity index (χ0) is 27.9. The molecule has 2 aromatic carbocycles. The van der Waals surface area contributed by atoms with Gasteiger partial charge in [-0.1, -0.05) is 76.6 Å². The van der Waals surface area contributed by atoms with E-state index >= 15 is 0 Å². The van der Waals surface area contributed by atoms with Gasteiger partial charge in [0.1, 0.15) is 0 Å². The van der Waals surface area contributed by atoms with Crippen molar-refractivity contribution in [3.63, 3.8) is 0 Å². The average molecular weight is 567 g/mol. The van der Waals surface area contributed by atoms with Crippen LogP contribution in [0.25, 0.3) is 0 Å². The van der Waals surface area contributed by atoms with Gasteiger partial charge in [-0.25, -0.2) is 4.79 Å². The quantitative estimate of drug-likeness (QED) is 0.243. The smallest absolute Gasteiger partial charge is 0.337 e. The molecular weight excluding hydrogens is 524 g/mol. The Labute approximate surface area is 245 Å². The van der Waals surface area contributed by atoms with E-state index in [1.165, 1.54) is 12.7 Å². The molecule has 7 heteroatoms. The lowest BCUT2D eigenvalue weighted by Crippen LogP contribution is -2.54. The van der Waals surface area contributed by atoms with Crippen LogP contribution in [0.3, 0.4) is 0 Å². The van der Waals surface area contributed by atoms with Crippen LogP contribution < -0.4 is 4.90 Å². The molecule has 0 aliphatic carbocycles. The highest BCUT2D eigenvalue weighted by atomic mass is 35.5. The number of piperidine rings is 1. The number of ether oxygens (including phenoxy) is 2. The van der Waals surface area contributed by atoms with Crippen molar-refractivity contribution in [1.29, 1.82) is 0 Å². The molecule has 0 bridgehead atoms. The van der Waals surface area contributed by atoms with E-state index in [1.54, 1.807) is 13.4 Å². The minimum Gasteiger partial charge on any atom is -0.504 e. The summed E-state index contributed by atoms with van der Waals surface area (Å²) in [5, 5.41) is 0. The van der Waals surface area contributed by atoms with Gasteiger partial charge in [-0.05, 0) is 59.4 Å². The van der Waals surface area contributed by atoms with Crippen LogP contribution in [0.4, 0.5) is 5.69 Å². The van der Waals surface area contributed by atoms with E-state index in [0.29, 0.717) is 18.0 Å². The summed E-state index contributed by atoms with van der Waals surface area (Å²) >= 11 is 0. The fourth-order valence-corrected chi connectivity index (χ4v) is 7.28. The summed E-state index contributed by atoms with van der Waals surface area (Å²) in [7, 11) is 2.99. The van der Waals surface area contributed by atoms with Gasteiger partial charge in [0, 0.05) is 18.3 Å². The zero-order valence-electron chi connectivity index (χ0n) is 24.6. The SMILES string of the molecule is CC[C@H]1CN2CC[C@]3(C(=O)N(Cc4ccc(C(C)(C)C)cc4)c4ccccc43)[C@@H]2C[C@@H]1/C(=C\OC)C(=O)OC.Cl. The molecule has 0 unspecified atom stereocenters. The number of hydrogen-bond acceptors (Lipinski definition) is 5. The second-order valence-electron chi connectivity index (χ2n) is 12.4. The number of rotatable bonds is 6. The first-order valence-corrected chi connectivity index (χ1v) is 14.2. The van der Waals surface area contributed by atoms with Crippen LogP contribution in [0.2, 0.25) is 0 Å². The van der Waals surface area contributed by atoms with Crippen LogP contribution in [0.1, 0.15) is 63.6 Å². The third-order valence-electron chi connectivity index (χ3n) is 9.37. The lowest BCUT2D eigenvalue weighted by molar-refractivity contribution is -0.137. The van der Waals surface area contributed by atoms with Crippen LogP contribution >= 0.6 is 12.4 Å². The number of carbonyl (C=O) groups is 2. The van der Waals surface area contributed by atoms with Gasteiger partial charge in [0.15, 0.2) is 0 Å². The average Bonchev–Trinajstić information content (AvgIpc) is 3.42. The largest absolute Gasteiger partial charge is 0.504 e. The molecule has 1 spiro atoms. The van der Waals surface area contributed by atoms with Crippen LogP contribution in [0, 0.1) is 11.8 Å². The number of amides is 1. The predicted molar refractivity (Wildman–Crippen MR) is 161 cm³/mol. The topological polar surface area (TPSA) is 59.1 Å². The van der Waals surface area contributed by atoms with E-state index in [4.69, 9.17) is 9.47 Å². The second kappa shape index (κ2) is 11.6. The number of esters is 1. The monoisotopic (exact) mass is 566 g/mol. The molecule has 2 aromatic rings. The van der Waals surface area contributed by atoms with Crippen molar-refractivity contribution in [3.05, 3.63) is 77.1 Å². The van der Waals surface area contributed by atoms with Gasteiger partial charge in [0.25, 0.3) is 0 Å². The molecule has 0 radical (unpaired) electrons. The van der Waals surface area contributed by atoms with E-state index in [-0.39, 0.29) is 41.7 Å². The van der Waals surface area contributed by atoms with Crippen molar-refractivity contribution in [3.8, 4) is 0 Å². The first-order chi connectivity index (χ1) is 18.6. The maximum Gasteiger partial charge on any atom is 0.337 e. The maximum absolute atomic E-state index is 14.6. The number of para-hydroxylation sites is 1. The van der Waals surface area contributed by atoms with Gasteiger partial charge in [-0.2, -0.15) is 0 Å². The molecule has 0 aromatic heterocycles. The minimum atomic E-state index is -0.618. The number of fused-ring (bicyclic) bond motifs is 4. The maximum atomic E-state index is 14.6. The third-order valence-corrected chi connectivity index (χ3v) is 9.37. The normalized spacial score (nSPS) is 26.4. The van der Waals surface area contributed by atoms with Crippen LogP contribution in [0.5, 0.6) is 0 Å². The molecule has 6 nitrogen and oxygen atoms in total. The molecule has 4 atom stereocenters. The molecule has 2 saturated heterocycles. The van der Waals surface area contributed by atoms with Crippen molar-refractivity contribution in [2.24, 2.45) is 11.8 Å². The van der Waals surface area contributed by atoms with Gasteiger partial charge in [0.05, 0.1) is 38.0 Å². The van der Waals surface area contributed by atoms with E-state index in [1.807, 2.05) is 11.0 Å². The van der Waals surface area contributed by atoms with Crippen molar-refractivity contribution in [2.45, 2.75) is 70.4 Å². The Balaban J connectivity index is 0.00000370. The predicted octanol–water partition coefficient (Wildman–Crippen LogP) is 6.01. The number of nitrogens with zero attached hydrogens (tertiary/aromatic N) is 2. The number of halogens is 1. The van der Waals surface area contributed by atoms with Crippen LogP contribution in [-0.4, -0.2) is 50.1 Å². The van der Waals surface area contributed by atoms with Crippen molar-refractivity contribution < 1.29 is 19.1 Å². The number of hydrogen-bond donors (Lipinski definition) is 0. The molecule has 1 amide bonds. The summed E-state index contributed by atoms with van der Waals surface area (Å²) in [6, 6.07) is 17.0. The Bertz CT molecular complexity index is 1270. The number of benzene rings is 2. The van der Waals surface area contributed by atoms with E-state index in [0.717, 1.165) is 49.2 Å². The molecule has 3 aliphatic heterocycles. The zero-order valence-corrected chi connectivity index (χ0v) is 25.4. The Kier molecular flexibility index (Phi) is 8.72. The summed E-state index contributed by atoms with van der Waals surface area (Å²) in [5.74, 6) is 0.0954. The molecule has 2 fully saturated rings. The van der Waals surface area contributed by atoms with Gasteiger partial charge < -0.3 is 14.4 Å². The molecule has 0 saturated carbocycles. The van der Waals surface area contributed by atoms with E-state index in [2.05, 4.69) is 75.1 Å². The summed E-state index contributed by atoms with van der Waals surface area (Å²) < 4.78 is 10.5. The summed E-state index contributed by atoms with van der Waals surface area (Å²) in [6.07, 6.45) is 4.00. The molecule has 3 heterocycles. The van der Waals surface area contributed by atoms with Gasteiger partial charge in [0.2, 0.25) is 5.91 Å². The standard InChI is InChI=1S/C33H42N2O4.ClH/c1-7-23-20-34-17-16-33(29(34)18-25(23)26(21-38-5)30(36)39-6)27-10-8-9-11-28(27)35(31(33)37)19-22-12-14-24(15-13-22)32(2,3)4;/h8-15,21,23,25,29H,7,16-20H2,1-6H3;1H/b26-21+;/t23-,25-,29-,33+;/m0./s1. The lowest BCUT2D eigenvalue weighted by atomic mass is 9.67. The van der Waals surface area contributed by atoms with E-state index < -0.39 is 5.41 Å². The van der Waals surface area contributed by atoms with Crippen molar-refractivity contribution in [1.82, 2.24) is 4.90 Å². The first kappa shape index (κ1) is 30.1. The Morgan fingerprint density at radius 3 is 2.42 bits per heavy atom. The molecule has 5 rings (SSSR count). The summed E-state index contributed by atoms with van der Waals surface area (Å²) in [6.45, 7) is 11.1. The van der Waals surface area contributed by atoms with Crippen molar-refractivity contribution >= 4 is 30.0 Å². The lowest BCUT2D eigenvalue weighted by Gasteiger charge is -2.45. The Morgan fingerprint density at radius 1 is 1.10 bits per heavy atom. The summed E-state index contributed by atoms with van der Waals surface area (Å²) in [4.78, 5) is 31.9. The molecule has 40 heavy (non-hydrogen) atoms. The number of methoxy groups -OCH3 is 2. The third kappa shape index (κ3) is 4.94. The molecule has 0 N–H and O–H groups in total. The van der Waals surface area contributed by atoms with Crippen LogP contribution in [-0.2, 0) is 36.4 Å². The molecule has 3 aliphatic rings. The highest BCUT2D eigenvalue weighted by molar-refractivity contribution is 6.09. The number of anilines is 1. The Morgan fingerprint density at radius 2 is 1.80 bits per heavy atom. The second-order valence-corrected chi connectivity index (χ2v) is 12.4. The minimum absolute atomic E-state index is 0. The summed E-state index contributed by atoms with van der Waals surface area (Å²) in [5.41, 5.74) is 4.58. The van der Waals surface area contributed by atoms with Gasteiger partial charge >= 0.3 is 5.97 Å². The van der Waals surface area contributed by atoms with Crippen molar-refractivity contribution in [2.75, 3.05) is 32.2 Å². The number of carbonyl (C=O) groups excluding carboxylic acids is 2. The first-order valence-electron chi connectivity index (χ1n) is 14.2. The molecule has 216 valence electrons. The van der Waals surface area contributed by atoms with Gasteiger partial charge in [-0.3, -0.25) is 9.69 Å². The fourth-order valence-electron chi connectivity index (χ4n) is 7.28. The van der Waals surface area contributed by atoms with E-state index in [9.17, 15) is 9.59 Å². The van der Waals surface area contributed by atoms with Gasteiger partial charge in [-0.15, -0.1) is 12.4 Å². The van der Waals surface area contributed by atoms with Crippen LogP contribution in [0.15, 0.2) is 60.4 Å². The highest BCUT2D eigenvalue weighted by Gasteiger charge is 2.62.